The highest BCUT2D eigenvalue weighted by molar-refractivity contribution is 5.03. The van der Waals surface area contributed by atoms with Crippen molar-refractivity contribution in [3.63, 3.8) is 0 Å². The topological polar surface area (TPSA) is 25.2 Å². The van der Waals surface area contributed by atoms with Crippen LogP contribution in [-0.4, -0.2) is 12.6 Å². The van der Waals surface area contributed by atoms with Gasteiger partial charge in [-0.25, -0.2) is 0 Å². The third-order valence-electron chi connectivity index (χ3n) is 2.16. The van der Waals surface area contributed by atoms with Crippen molar-refractivity contribution in [3.8, 4) is 0 Å². The van der Waals surface area contributed by atoms with Crippen molar-refractivity contribution in [2.45, 2.75) is 39.2 Å². The summed E-state index contributed by atoms with van der Waals surface area (Å²) in [5.41, 5.74) is 0. The van der Waals surface area contributed by atoms with Crippen LogP contribution in [0.15, 0.2) is 22.8 Å². The molecule has 0 aliphatic rings. The fraction of sp³-hybridized carbons (Fsp3) is 0.636. The summed E-state index contributed by atoms with van der Waals surface area (Å²) in [6.07, 6.45) is 2.87. The second-order valence-corrected chi connectivity index (χ2v) is 3.81. The first kappa shape index (κ1) is 10.3. The molecule has 1 heterocycles. The van der Waals surface area contributed by atoms with Crippen LogP contribution in [0.5, 0.6) is 0 Å². The average molecular weight is 181 g/mol. The Balaban J connectivity index is 2.22. The van der Waals surface area contributed by atoms with Gasteiger partial charge in [-0.2, -0.15) is 0 Å². The van der Waals surface area contributed by atoms with Gasteiger partial charge in [0.25, 0.3) is 0 Å². The summed E-state index contributed by atoms with van der Waals surface area (Å²) < 4.78 is 5.33. The minimum Gasteiger partial charge on any atom is -0.469 e. The van der Waals surface area contributed by atoms with Gasteiger partial charge in [0.2, 0.25) is 0 Å². The molecule has 0 saturated carbocycles. The van der Waals surface area contributed by atoms with Gasteiger partial charge >= 0.3 is 0 Å². The minimum atomic E-state index is 0.515. The maximum Gasteiger partial charge on any atom is 0.106 e. The maximum absolute atomic E-state index is 5.33. The molecule has 13 heavy (non-hydrogen) atoms. The van der Waals surface area contributed by atoms with Crippen molar-refractivity contribution in [2.75, 3.05) is 6.54 Å². The summed E-state index contributed by atoms with van der Waals surface area (Å²) in [6, 6.07) is 4.56. The van der Waals surface area contributed by atoms with Crippen molar-refractivity contribution < 1.29 is 4.42 Å². The zero-order chi connectivity index (χ0) is 9.68. The highest BCUT2D eigenvalue weighted by Gasteiger charge is 2.07. The molecule has 0 bridgehead atoms. The summed E-state index contributed by atoms with van der Waals surface area (Å²) >= 11 is 0. The van der Waals surface area contributed by atoms with E-state index in [-0.39, 0.29) is 0 Å². The summed E-state index contributed by atoms with van der Waals surface area (Å²) in [6.45, 7) is 7.58. The molecule has 1 aromatic rings. The average Bonchev–Trinajstić information content (AvgIpc) is 2.55. The number of hydrogen-bond donors (Lipinski definition) is 1. The zero-order valence-corrected chi connectivity index (χ0v) is 8.71. The zero-order valence-electron chi connectivity index (χ0n) is 8.71. The monoisotopic (exact) mass is 181 g/mol. The van der Waals surface area contributed by atoms with Crippen molar-refractivity contribution in [2.24, 2.45) is 0 Å². The summed E-state index contributed by atoms with van der Waals surface area (Å²) in [5.74, 6) is 1.60. The SMILES string of the molecule is CC(C)NCCC(C)c1ccco1. The van der Waals surface area contributed by atoms with Crippen molar-refractivity contribution in [1.82, 2.24) is 5.32 Å². The third kappa shape index (κ3) is 3.64. The molecular weight excluding hydrogens is 162 g/mol. The van der Waals surface area contributed by atoms with E-state index >= 15 is 0 Å². The van der Waals surface area contributed by atoms with E-state index in [2.05, 4.69) is 26.1 Å². The molecule has 1 aromatic heterocycles. The lowest BCUT2D eigenvalue weighted by atomic mass is 10.1. The Morgan fingerprint density at radius 2 is 2.15 bits per heavy atom. The highest BCUT2D eigenvalue weighted by atomic mass is 16.3. The molecule has 0 fully saturated rings. The molecule has 1 unspecified atom stereocenters. The molecular formula is C11H19NO. The number of rotatable bonds is 5. The summed E-state index contributed by atoms with van der Waals surface area (Å²) in [4.78, 5) is 0. The first-order valence-electron chi connectivity index (χ1n) is 4.97. The van der Waals surface area contributed by atoms with Crippen LogP contribution in [0.3, 0.4) is 0 Å². The van der Waals surface area contributed by atoms with E-state index in [0.717, 1.165) is 18.7 Å². The van der Waals surface area contributed by atoms with Gasteiger partial charge in [0.05, 0.1) is 6.26 Å². The molecule has 1 N–H and O–H groups in total. The lowest BCUT2D eigenvalue weighted by Gasteiger charge is -2.11. The van der Waals surface area contributed by atoms with E-state index in [4.69, 9.17) is 4.42 Å². The second-order valence-electron chi connectivity index (χ2n) is 3.81. The molecule has 2 heteroatoms. The fourth-order valence-corrected chi connectivity index (χ4v) is 1.30. The Bertz CT molecular complexity index is 216. The Morgan fingerprint density at radius 1 is 1.38 bits per heavy atom. The predicted octanol–water partition coefficient (Wildman–Crippen LogP) is 2.77. The number of hydrogen-bond acceptors (Lipinski definition) is 2. The number of furan rings is 1. The van der Waals surface area contributed by atoms with E-state index in [1.54, 1.807) is 6.26 Å². The van der Waals surface area contributed by atoms with Gasteiger partial charge in [-0.15, -0.1) is 0 Å². The quantitative estimate of drug-likeness (QED) is 0.755. The van der Waals surface area contributed by atoms with Crippen LogP contribution >= 0.6 is 0 Å². The lowest BCUT2D eigenvalue weighted by Crippen LogP contribution is -2.24. The van der Waals surface area contributed by atoms with Crippen LogP contribution < -0.4 is 5.32 Å². The van der Waals surface area contributed by atoms with E-state index in [0.29, 0.717) is 12.0 Å². The van der Waals surface area contributed by atoms with Crippen LogP contribution in [0, 0.1) is 0 Å². The van der Waals surface area contributed by atoms with Crippen LogP contribution in [-0.2, 0) is 0 Å². The van der Waals surface area contributed by atoms with Gasteiger partial charge in [0.15, 0.2) is 0 Å². The molecule has 0 amide bonds. The Kier molecular flexibility index (Phi) is 4.03. The van der Waals surface area contributed by atoms with E-state index in [1.165, 1.54) is 0 Å². The summed E-state index contributed by atoms with van der Waals surface area (Å²) in [5, 5.41) is 3.40. The number of nitrogens with one attached hydrogen (secondary N) is 1. The van der Waals surface area contributed by atoms with Gasteiger partial charge in [-0.1, -0.05) is 20.8 Å². The molecule has 0 aliphatic carbocycles. The summed E-state index contributed by atoms with van der Waals surface area (Å²) in [7, 11) is 0. The van der Waals surface area contributed by atoms with Gasteiger partial charge < -0.3 is 9.73 Å². The van der Waals surface area contributed by atoms with Gasteiger partial charge in [-0.3, -0.25) is 0 Å². The third-order valence-corrected chi connectivity index (χ3v) is 2.16. The molecule has 0 spiro atoms. The normalized spacial score (nSPS) is 13.5. The smallest absolute Gasteiger partial charge is 0.106 e. The Hall–Kier alpha value is -0.760. The standard InChI is InChI=1S/C11H19NO/c1-9(2)12-7-6-10(3)11-5-4-8-13-11/h4-5,8-10,12H,6-7H2,1-3H3. The molecule has 0 saturated heterocycles. The Morgan fingerprint density at radius 3 is 2.69 bits per heavy atom. The molecule has 74 valence electrons. The van der Waals surface area contributed by atoms with Crippen molar-refractivity contribution >= 4 is 0 Å². The lowest BCUT2D eigenvalue weighted by molar-refractivity contribution is 0.447. The molecule has 0 aromatic carbocycles. The largest absolute Gasteiger partial charge is 0.469 e. The van der Waals surface area contributed by atoms with E-state index in [9.17, 15) is 0 Å². The van der Waals surface area contributed by atoms with Crippen molar-refractivity contribution in [1.29, 1.82) is 0 Å². The maximum atomic E-state index is 5.33. The minimum absolute atomic E-state index is 0.515. The molecule has 1 atom stereocenters. The predicted molar refractivity (Wildman–Crippen MR) is 54.9 cm³/mol. The molecule has 0 radical (unpaired) electrons. The highest BCUT2D eigenvalue weighted by Crippen LogP contribution is 2.18. The van der Waals surface area contributed by atoms with Crippen molar-refractivity contribution in [3.05, 3.63) is 24.2 Å². The first-order chi connectivity index (χ1) is 6.20. The van der Waals surface area contributed by atoms with Gasteiger partial charge in [0, 0.05) is 12.0 Å². The van der Waals surface area contributed by atoms with Crippen LogP contribution in [0.25, 0.3) is 0 Å². The Labute approximate surface area is 80.3 Å². The fourth-order valence-electron chi connectivity index (χ4n) is 1.30. The van der Waals surface area contributed by atoms with E-state index in [1.807, 2.05) is 12.1 Å². The van der Waals surface area contributed by atoms with Gasteiger partial charge in [-0.05, 0) is 25.1 Å². The first-order valence-corrected chi connectivity index (χ1v) is 4.97. The van der Waals surface area contributed by atoms with Crippen LogP contribution in [0.2, 0.25) is 0 Å². The van der Waals surface area contributed by atoms with E-state index < -0.39 is 0 Å². The second kappa shape index (κ2) is 5.07. The van der Waals surface area contributed by atoms with Crippen LogP contribution in [0.4, 0.5) is 0 Å². The van der Waals surface area contributed by atoms with Crippen LogP contribution in [0.1, 0.15) is 38.9 Å². The molecule has 0 aliphatic heterocycles. The molecule has 1 rings (SSSR count). The van der Waals surface area contributed by atoms with Gasteiger partial charge in [0.1, 0.15) is 5.76 Å². The molecule has 2 nitrogen and oxygen atoms in total.